The molecule has 0 bridgehead atoms. The van der Waals surface area contributed by atoms with Crippen LogP contribution in [0.1, 0.15) is 27.8 Å². The lowest BCUT2D eigenvalue weighted by Crippen LogP contribution is -2.25. The summed E-state index contributed by atoms with van der Waals surface area (Å²) in [7, 11) is 0. The van der Waals surface area contributed by atoms with Crippen molar-refractivity contribution in [3.8, 4) is 68.2 Å². The predicted octanol–water partition coefficient (Wildman–Crippen LogP) is 14.1. The third kappa shape index (κ3) is 4.73. The number of hydrogen-bond acceptors (Lipinski definition) is 5. The zero-order chi connectivity index (χ0) is 42.8. The lowest BCUT2D eigenvalue weighted by atomic mass is 9.70. The van der Waals surface area contributed by atoms with Gasteiger partial charge < -0.3 is 8.98 Å². The molecule has 0 radical (unpaired) electrons. The third-order valence-corrected chi connectivity index (χ3v) is 13.7. The molecular weight excluding hydrogens is 795 g/mol. The number of para-hydroxylation sites is 2. The van der Waals surface area contributed by atoms with Gasteiger partial charge in [0.15, 0.2) is 17.5 Å². The van der Waals surface area contributed by atoms with Crippen LogP contribution in [-0.4, -0.2) is 19.5 Å². The molecule has 2 aliphatic carbocycles. The Hall–Kier alpha value is -8.92. The maximum atomic E-state index is 11.6. The highest BCUT2D eigenvalue weighted by atomic mass is 16.3. The van der Waals surface area contributed by atoms with Crippen LogP contribution in [0.5, 0.6) is 0 Å². The Morgan fingerprint density at radius 2 is 1.00 bits per heavy atom. The second kappa shape index (κ2) is 13.3. The molecule has 0 amide bonds. The first-order chi connectivity index (χ1) is 32.2. The Balaban J connectivity index is 1.13. The van der Waals surface area contributed by atoms with E-state index in [0.29, 0.717) is 39.8 Å². The molecule has 0 fully saturated rings. The maximum Gasteiger partial charge on any atom is 0.167 e. The van der Waals surface area contributed by atoms with Crippen LogP contribution in [0.2, 0.25) is 0 Å². The van der Waals surface area contributed by atoms with Gasteiger partial charge in [-0.1, -0.05) is 182 Å². The predicted molar refractivity (Wildman–Crippen MR) is 259 cm³/mol. The number of rotatable bonds is 4. The number of nitrogens with zero attached hydrogens (tertiary/aromatic N) is 5. The molecule has 0 unspecified atom stereocenters. The molecule has 0 aliphatic heterocycles. The first kappa shape index (κ1) is 35.7. The van der Waals surface area contributed by atoms with Crippen LogP contribution >= 0.6 is 0 Å². The molecule has 0 saturated carbocycles. The summed E-state index contributed by atoms with van der Waals surface area (Å²) in [6.45, 7) is 0. The van der Waals surface area contributed by atoms with Crippen molar-refractivity contribution in [2.24, 2.45) is 0 Å². The van der Waals surface area contributed by atoms with E-state index in [2.05, 4.69) is 126 Å². The summed E-state index contributed by atoms with van der Waals surface area (Å²) in [5.41, 5.74) is 16.2. The molecule has 6 nitrogen and oxygen atoms in total. The van der Waals surface area contributed by atoms with Gasteiger partial charge in [-0.05, 0) is 57.1 Å². The molecule has 2 aliphatic rings. The van der Waals surface area contributed by atoms with Crippen molar-refractivity contribution in [2.45, 2.75) is 5.41 Å². The van der Waals surface area contributed by atoms with Crippen molar-refractivity contribution in [1.82, 2.24) is 19.5 Å². The lowest BCUT2D eigenvalue weighted by molar-refractivity contribution is 0.669. The Morgan fingerprint density at radius 3 is 1.66 bits per heavy atom. The quantitative estimate of drug-likeness (QED) is 0.176. The molecule has 6 heteroatoms. The van der Waals surface area contributed by atoms with E-state index < -0.39 is 5.41 Å². The smallest absolute Gasteiger partial charge is 0.167 e. The van der Waals surface area contributed by atoms with Gasteiger partial charge in [0.1, 0.15) is 17.2 Å². The van der Waals surface area contributed by atoms with E-state index >= 15 is 0 Å². The molecule has 65 heavy (non-hydrogen) atoms. The average molecular weight is 828 g/mol. The molecule has 14 rings (SSSR count). The first-order valence-corrected chi connectivity index (χ1v) is 21.8. The first-order valence-electron chi connectivity index (χ1n) is 21.8. The van der Waals surface area contributed by atoms with Gasteiger partial charge in [-0.15, -0.1) is 0 Å². The number of fused-ring (bicyclic) bond motifs is 17. The third-order valence-electron chi connectivity index (χ3n) is 13.7. The highest BCUT2D eigenvalue weighted by molar-refractivity contribution is 6.20. The zero-order valence-electron chi connectivity index (χ0n) is 34.7. The molecule has 300 valence electrons. The Morgan fingerprint density at radius 1 is 0.462 bits per heavy atom. The molecule has 0 atom stereocenters. The molecular formula is C59H33N5O. The van der Waals surface area contributed by atoms with Crippen LogP contribution in [0, 0.1) is 11.3 Å². The number of aromatic nitrogens is 4. The minimum absolute atomic E-state index is 0.419. The average Bonchev–Trinajstić information content (AvgIpc) is 4.10. The van der Waals surface area contributed by atoms with Crippen molar-refractivity contribution in [2.75, 3.05) is 0 Å². The minimum Gasteiger partial charge on any atom is -0.455 e. The molecule has 12 aromatic rings. The van der Waals surface area contributed by atoms with Crippen LogP contribution < -0.4 is 0 Å². The van der Waals surface area contributed by atoms with E-state index in [1.165, 1.54) is 38.9 Å². The second-order valence-corrected chi connectivity index (χ2v) is 16.9. The van der Waals surface area contributed by atoms with Gasteiger partial charge in [0.25, 0.3) is 0 Å². The van der Waals surface area contributed by atoms with E-state index in [4.69, 9.17) is 19.4 Å². The fourth-order valence-corrected chi connectivity index (χ4v) is 11.2. The summed E-state index contributed by atoms with van der Waals surface area (Å²) < 4.78 is 9.32. The van der Waals surface area contributed by atoms with Gasteiger partial charge in [0, 0.05) is 32.8 Å². The summed E-state index contributed by atoms with van der Waals surface area (Å²) in [6, 6.07) is 72.5. The van der Waals surface area contributed by atoms with Crippen molar-refractivity contribution in [1.29, 1.82) is 5.26 Å². The van der Waals surface area contributed by atoms with Crippen LogP contribution in [0.3, 0.4) is 0 Å². The van der Waals surface area contributed by atoms with E-state index in [-0.39, 0.29) is 0 Å². The Kier molecular flexibility index (Phi) is 7.29. The summed E-state index contributed by atoms with van der Waals surface area (Å²) >= 11 is 0. The van der Waals surface area contributed by atoms with E-state index in [1.54, 1.807) is 0 Å². The normalized spacial score (nSPS) is 13.0. The van der Waals surface area contributed by atoms with E-state index in [9.17, 15) is 5.26 Å². The minimum atomic E-state index is -0.542. The van der Waals surface area contributed by atoms with Crippen LogP contribution in [0.4, 0.5) is 0 Å². The standard InChI is InChI=1S/C59H33N5O/c60-34-37-33-44(58-62-56(35-17-3-1-4-18-35)61-57(63-58)36-19-5-2-6-20-36)55-52(43-25-11-16-30-50(43)65-55)53(37)64-49-29-15-10-23-40(49)41-31-32-48-51(54(41)64)42-24-9-14-28-47(42)59(48)45-26-12-7-21-38(45)39-22-8-13-27-46(39)59/h1-33H. The lowest BCUT2D eigenvalue weighted by Gasteiger charge is -2.30. The fraction of sp³-hybridized carbons (Fsp3) is 0.0169. The van der Waals surface area contributed by atoms with Crippen molar-refractivity contribution >= 4 is 43.7 Å². The highest BCUT2D eigenvalue weighted by Gasteiger charge is 2.52. The largest absolute Gasteiger partial charge is 0.455 e. The van der Waals surface area contributed by atoms with E-state index in [0.717, 1.165) is 55.0 Å². The van der Waals surface area contributed by atoms with Gasteiger partial charge in [-0.2, -0.15) is 5.26 Å². The topological polar surface area (TPSA) is 80.5 Å². The molecule has 3 aromatic heterocycles. The molecule has 3 heterocycles. The van der Waals surface area contributed by atoms with Crippen molar-refractivity contribution < 1.29 is 4.42 Å². The van der Waals surface area contributed by atoms with E-state index in [1.807, 2.05) is 84.9 Å². The van der Waals surface area contributed by atoms with Crippen LogP contribution in [0.15, 0.2) is 205 Å². The van der Waals surface area contributed by atoms with Gasteiger partial charge >= 0.3 is 0 Å². The number of benzene rings is 9. The highest BCUT2D eigenvalue weighted by Crippen LogP contribution is 2.64. The second-order valence-electron chi connectivity index (χ2n) is 16.9. The zero-order valence-corrected chi connectivity index (χ0v) is 34.7. The number of nitriles is 1. The summed E-state index contributed by atoms with van der Waals surface area (Å²) in [4.78, 5) is 15.3. The summed E-state index contributed by atoms with van der Waals surface area (Å²) in [5, 5.41) is 15.5. The van der Waals surface area contributed by atoms with Crippen molar-refractivity contribution in [3.05, 3.63) is 228 Å². The maximum absolute atomic E-state index is 11.6. The van der Waals surface area contributed by atoms with Crippen LogP contribution in [0.25, 0.3) is 106 Å². The molecule has 9 aromatic carbocycles. The number of furan rings is 1. The molecule has 0 N–H and O–H groups in total. The van der Waals surface area contributed by atoms with Gasteiger partial charge in [-0.25, -0.2) is 15.0 Å². The van der Waals surface area contributed by atoms with Gasteiger partial charge in [-0.3, -0.25) is 0 Å². The SMILES string of the molecule is N#Cc1cc(-c2nc(-c3ccccc3)nc(-c3ccccc3)n2)c2oc3ccccc3c2c1-n1c2ccccc2c2ccc3c(c21)-c1ccccc1C31c2ccccc2-c2ccccc21. The summed E-state index contributed by atoms with van der Waals surface area (Å²) in [6.07, 6.45) is 0. The number of hydrogen-bond donors (Lipinski definition) is 0. The summed E-state index contributed by atoms with van der Waals surface area (Å²) in [5.74, 6) is 1.48. The monoisotopic (exact) mass is 827 g/mol. The van der Waals surface area contributed by atoms with Gasteiger partial charge in [0.2, 0.25) is 0 Å². The Labute approximate surface area is 373 Å². The van der Waals surface area contributed by atoms with Gasteiger partial charge in [0.05, 0.1) is 38.6 Å². The van der Waals surface area contributed by atoms with Crippen LogP contribution in [-0.2, 0) is 5.41 Å². The fourth-order valence-electron chi connectivity index (χ4n) is 11.2. The molecule has 0 saturated heterocycles. The molecule has 1 spiro atoms. The Bertz CT molecular complexity index is 3920. The van der Waals surface area contributed by atoms with Crippen molar-refractivity contribution in [3.63, 3.8) is 0 Å².